The quantitative estimate of drug-likeness (QED) is 0.394. The molecule has 0 heterocycles. The highest BCUT2D eigenvalue weighted by Crippen LogP contribution is 2.29. The van der Waals surface area contributed by atoms with Crippen molar-refractivity contribution in [3.8, 4) is 17.2 Å². The number of carbonyl (C=O) groups excluding carboxylic acids is 2. The van der Waals surface area contributed by atoms with Crippen LogP contribution in [-0.2, 0) is 22.6 Å². The first-order chi connectivity index (χ1) is 17.0. The van der Waals surface area contributed by atoms with Crippen LogP contribution >= 0.6 is 0 Å². The molecular formula is C28H40N2O5. The van der Waals surface area contributed by atoms with Crippen LogP contribution in [-0.4, -0.2) is 49.6 Å². The summed E-state index contributed by atoms with van der Waals surface area (Å²) in [6, 6.07) is 12.8. The molecule has 2 rings (SSSR count). The molecule has 35 heavy (non-hydrogen) atoms. The number of benzene rings is 2. The van der Waals surface area contributed by atoms with Crippen LogP contribution in [0.2, 0.25) is 0 Å². The number of carbonyl (C=O) groups is 2. The summed E-state index contributed by atoms with van der Waals surface area (Å²) in [5.74, 6) is 1.90. The van der Waals surface area contributed by atoms with Gasteiger partial charge in [0.2, 0.25) is 11.8 Å². The molecule has 2 aromatic carbocycles. The van der Waals surface area contributed by atoms with Gasteiger partial charge in [-0.1, -0.05) is 32.0 Å². The lowest BCUT2D eigenvalue weighted by molar-refractivity contribution is -0.141. The zero-order valence-corrected chi connectivity index (χ0v) is 21.8. The van der Waals surface area contributed by atoms with Crippen LogP contribution in [0.1, 0.15) is 58.1 Å². The van der Waals surface area contributed by atoms with Crippen LogP contribution in [0.3, 0.4) is 0 Å². The Labute approximate surface area is 209 Å². The first-order valence-corrected chi connectivity index (χ1v) is 12.6. The fraction of sp³-hybridized carbons (Fsp3) is 0.500. The molecule has 0 saturated heterocycles. The lowest BCUT2D eigenvalue weighted by atomic mass is 10.1. The van der Waals surface area contributed by atoms with Gasteiger partial charge in [-0.3, -0.25) is 9.59 Å². The Morgan fingerprint density at radius 2 is 1.69 bits per heavy atom. The van der Waals surface area contributed by atoms with Crippen molar-refractivity contribution in [2.75, 3.05) is 26.9 Å². The third-order valence-corrected chi connectivity index (χ3v) is 5.66. The third kappa shape index (κ3) is 8.50. The van der Waals surface area contributed by atoms with E-state index in [2.05, 4.69) is 5.32 Å². The number of aryl methyl sites for hydroxylation is 1. The van der Waals surface area contributed by atoms with Gasteiger partial charge >= 0.3 is 0 Å². The van der Waals surface area contributed by atoms with Gasteiger partial charge in [0.1, 0.15) is 11.8 Å². The van der Waals surface area contributed by atoms with Gasteiger partial charge in [0, 0.05) is 19.5 Å². The Balaban J connectivity index is 2.23. The van der Waals surface area contributed by atoms with Crippen molar-refractivity contribution in [3.05, 3.63) is 53.6 Å². The maximum Gasteiger partial charge on any atom is 0.242 e. The van der Waals surface area contributed by atoms with Crippen LogP contribution in [0.5, 0.6) is 17.2 Å². The van der Waals surface area contributed by atoms with Crippen molar-refractivity contribution in [3.63, 3.8) is 0 Å². The number of amides is 2. The van der Waals surface area contributed by atoms with E-state index in [4.69, 9.17) is 14.2 Å². The highest BCUT2D eigenvalue weighted by atomic mass is 16.5. The van der Waals surface area contributed by atoms with E-state index >= 15 is 0 Å². The van der Waals surface area contributed by atoms with E-state index in [1.54, 1.807) is 12.0 Å². The topological polar surface area (TPSA) is 77.1 Å². The molecule has 1 N–H and O–H groups in total. The number of ether oxygens (including phenoxy) is 3. The summed E-state index contributed by atoms with van der Waals surface area (Å²) in [4.78, 5) is 28.1. The van der Waals surface area contributed by atoms with Crippen LogP contribution in [0, 0.1) is 0 Å². The summed E-state index contributed by atoms with van der Waals surface area (Å²) in [7, 11) is 1.61. The summed E-state index contributed by atoms with van der Waals surface area (Å²) in [6.07, 6.45) is 2.18. The minimum Gasteiger partial charge on any atom is -0.497 e. The Morgan fingerprint density at radius 1 is 0.943 bits per heavy atom. The molecule has 0 bridgehead atoms. The first-order valence-electron chi connectivity index (χ1n) is 12.6. The summed E-state index contributed by atoms with van der Waals surface area (Å²) >= 11 is 0. The molecule has 2 amide bonds. The van der Waals surface area contributed by atoms with Crippen LogP contribution in [0.15, 0.2) is 42.5 Å². The summed E-state index contributed by atoms with van der Waals surface area (Å²) in [6.45, 7) is 9.80. The fourth-order valence-electron chi connectivity index (χ4n) is 3.90. The third-order valence-electron chi connectivity index (χ3n) is 5.66. The molecule has 0 saturated carbocycles. The Hall–Kier alpha value is -3.22. The zero-order chi connectivity index (χ0) is 25.6. The van der Waals surface area contributed by atoms with Crippen molar-refractivity contribution in [1.29, 1.82) is 0 Å². The Bertz CT molecular complexity index is 947. The van der Waals surface area contributed by atoms with Crippen LogP contribution in [0.25, 0.3) is 0 Å². The summed E-state index contributed by atoms with van der Waals surface area (Å²) < 4.78 is 16.7. The maximum absolute atomic E-state index is 13.5. The molecule has 0 aliphatic heterocycles. The number of rotatable bonds is 15. The molecule has 0 aliphatic carbocycles. The van der Waals surface area contributed by atoms with E-state index in [0.717, 1.165) is 23.3 Å². The van der Waals surface area contributed by atoms with Crippen LogP contribution < -0.4 is 19.5 Å². The van der Waals surface area contributed by atoms with Crippen LogP contribution in [0.4, 0.5) is 0 Å². The summed E-state index contributed by atoms with van der Waals surface area (Å²) in [5.41, 5.74) is 1.90. The summed E-state index contributed by atoms with van der Waals surface area (Å²) in [5, 5.41) is 2.95. The average molecular weight is 485 g/mol. The highest BCUT2D eigenvalue weighted by molar-refractivity contribution is 5.87. The molecule has 2 aromatic rings. The fourth-order valence-corrected chi connectivity index (χ4v) is 3.90. The second kappa shape index (κ2) is 14.9. The SMILES string of the molecule is CCCNC(=O)C(CC)N(Cc1cccc(OC)c1)C(=O)CCc1ccc(OCC)c(OCC)c1. The number of hydrogen-bond donors (Lipinski definition) is 1. The molecule has 7 heteroatoms. The predicted molar refractivity (Wildman–Crippen MR) is 138 cm³/mol. The minimum absolute atomic E-state index is 0.0711. The lowest BCUT2D eigenvalue weighted by Gasteiger charge is -2.31. The normalized spacial score (nSPS) is 11.5. The highest BCUT2D eigenvalue weighted by Gasteiger charge is 2.28. The van der Waals surface area contributed by atoms with E-state index in [1.165, 1.54) is 0 Å². The monoisotopic (exact) mass is 484 g/mol. The molecular weight excluding hydrogens is 444 g/mol. The second-order valence-corrected chi connectivity index (χ2v) is 8.24. The molecule has 7 nitrogen and oxygen atoms in total. The van der Waals surface area contributed by atoms with E-state index < -0.39 is 6.04 Å². The Kier molecular flexibility index (Phi) is 11.9. The maximum atomic E-state index is 13.5. The largest absolute Gasteiger partial charge is 0.497 e. The van der Waals surface area contributed by atoms with Gasteiger partial charge in [0.25, 0.3) is 0 Å². The van der Waals surface area contributed by atoms with Gasteiger partial charge in [-0.2, -0.15) is 0 Å². The molecule has 0 spiro atoms. The second-order valence-electron chi connectivity index (χ2n) is 8.24. The van der Waals surface area contributed by atoms with Gasteiger partial charge in [-0.25, -0.2) is 0 Å². The smallest absolute Gasteiger partial charge is 0.242 e. The lowest BCUT2D eigenvalue weighted by Crippen LogP contribution is -2.49. The molecule has 0 fully saturated rings. The van der Waals surface area contributed by atoms with Crippen molar-refractivity contribution >= 4 is 11.8 Å². The molecule has 1 atom stereocenters. The molecule has 0 aromatic heterocycles. The van der Waals surface area contributed by atoms with Gasteiger partial charge in [0.15, 0.2) is 11.5 Å². The predicted octanol–water partition coefficient (Wildman–Crippen LogP) is 4.76. The first kappa shape index (κ1) is 28.0. The zero-order valence-electron chi connectivity index (χ0n) is 21.8. The molecule has 192 valence electrons. The number of nitrogens with one attached hydrogen (secondary N) is 1. The van der Waals surface area contributed by atoms with Crippen molar-refractivity contribution < 1.29 is 23.8 Å². The number of methoxy groups -OCH3 is 1. The minimum atomic E-state index is -0.542. The van der Waals surface area contributed by atoms with E-state index in [0.29, 0.717) is 50.6 Å². The number of hydrogen-bond acceptors (Lipinski definition) is 5. The molecule has 0 radical (unpaired) electrons. The van der Waals surface area contributed by atoms with E-state index in [-0.39, 0.29) is 18.2 Å². The van der Waals surface area contributed by atoms with Gasteiger partial charge in [0.05, 0.1) is 20.3 Å². The molecule has 0 aliphatic rings. The van der Waals surface area contributed by atoms with Crippen molar-refractivity contribution in [1.82, 2.24) is 10.2 Å². The Morgan fingerprint density at radius 3 is 2.34 bits per heavy atom. The van der Waals surface area contributed by atoms with Gasteiger partial charge in [-0.05, 0) is 68.5 Å². The van der Waals surface area contributed by atoms with E-state index in [1.807, 2.05) is 70.2 Å². The van der Waals surface area contributed by atoms with Gasteiger partial charge < -0.3 is 24.4 Å². The number of nitrogens with zero attached hydrogens (tertiary/aromatic N) is 1. The van der Waals surface area contributed by atoms with E-state index in [9.17, 15) is 9.59 Å². The standard InChI is InChI=1S/C28H40N2O5/c1-6-17-29-28(32)24(7-2)30(20-22-11-10-12-23(18-22)33-5)27(31)16-14-21-13-15-25(34-8-3)26(19-21)35-9-4/h10-13,15,18-19,24H,6-9,14,16-17,20H2,1-5H3,(H,29,32). The van der Waals surface area contributed by atoms with Crippen molar-refractivity contribution in [2.24, 2.45) is 0 Å². The van der Waals surface area contributed by atoms with Gasteiger partial charge in [-0.15, -0.1) is 0 Å². The average Bonchev–Trinajstić information content (AvgIpc) is 2.87. The molecule has 1 unspecified atom stereocenters. The van der Waals surface area contributed by atoms with Crippen molar-refractivity contribution in [2.45, 2.75) is 66.0 Å².